The van der Waals surface area contributed by atoms with E-state index in [1.807, 2.05) is 0 Å². The van der Waals surface area contributed by atoms with E-state index >= 15 is 0 Å². The lowest BCUT2D eigenvalue weighted by atomic mass is 9.80. The number of hydrogen-bond acceptors (Lipinski definition) is 2. The van der Waals surface area contributed by atoms with Crippen LogP contribution in [0.15, 0.2) is 9.27 Å². The van der Waals surface area contributed by atoms with E-state index in [4.69, 9.17) is 4.98 Å². The summed E-state index contributed by atoms with van der Waals surface area (Å²) in [6, 6.07) is 0. The third kappa shape index (κ3) is 3.25. The lowest BCUT2D eigenvalue weighted by Crippen LogP contribution is -2.22. The summed E-state index contributed by atoms with van der Waals surface area (Å²) >= 11 is 3.46. The predicted molar refractivity (Wildman–Crippen MR) is 88.8 cm³/mol. The van der Waals surface area contributed by atoms with Crippen LogP contribution in [0.25, 0.3) is 0 Å². The first kappa shape index (κ1) is 15.3. The van der Waals surface area contributed by atoms with E-state index in [9.17, 15) is 4.79 Å². The Bertz CT molecular complexity index is 540. The number of rotatable bonds is 3. The molecule has 1 N–H and O–H groups in total. The van der Waals surface area contributed by atoms with E-state index in [2.05, 4.69) is 27.8 Å². The highest BCUT2D eigenvalue weighted by Gasteiger charge is 2.27. The highest BCUT2D eigenvalue weighted by molar-refractivity contribution is 9.10. The summed E-state index contributed by atoms with van der Waals surface area (Å²) in [4.78, 5) is 20.2. The first-order chi connectivity index (χ1) is 10.2. The summed E-state index contributed by atoms with van der Waals surface area (Å²) < 4.78 is 0.667. The van der Waals surface area contributed by atoms with Crippen LogP contribution in [0.2, 0.25) is 0 Å². The van der Waals surface area contributed by atoms with Crippen LogP contribution < -0.4 is 5.56 Å². The molecule has 0 atom stereocenters. The second-order valence-electron chi connectivity index (χ2n) is 6.76. The minimum Gasteiger partial charge on any atom is -0.309 e. The molecule has 2 aliphatic rings. The van der Waals surface area contributed by atoms with Crippen molar-refractivity contribution in [1.29, 1.82) is 0 Å². The Kier molecular flexibility index (Phi) is 4.82. The van der Waals surface area contributed by atoms with Gasteiger partial charge >= 0.3 is 0 Å². The van der Waals surface area contributed by atoms with Crippen molar-refractivity contribution in [3.05, 3.63) is 26.3 Å². The average molecular weight is 353 g/mol. The Morgan fingerprint density at radius 3 is 2.38 bits per heavy atom. The zero-order valence-electron chi connectivity index (χ0n) is 12.8. The maximum atomic E-state index is 12.2. The molecule has 116 valence electrons. The molecule has 0 unspecified atom stereocenters. The first-order valence-corrected chi connectivity index (χ1v) is 9.28. The Morgan fingerprint density at radius 2 is 1.76 bits per heavy atom. The van der Waals surface area contributed by atoms with Crippen molar-refractivity contribution in [3.63, 3.8) is 0 Å². The number of nitrogens with zero attached hydrogens (tertiary/aromatic N) is 1. The van der Waals surface area contributed by atoms with Gasteiger partial charge in [-0.15, -0.1) is 0 Å². The highest BCUT2D eigenvalue weighted by Crippen LogP contribution is 2.38. The second-order valence-corrected chi connectivity index (χ2v) is 7.55. The van der Waals surface area contributed by atoms with Gasteiger partial charge in [0.05, 0.1) is 5.69 Å². The summed E-state index contributed by atoms with van der Waals surface area (Å²) in [5, 5.41) is 0. The van der Waals surface area contributed by atoms with Crippen molar-refractivity contribution in [2.24, 2.45) is 5.92 Å². The van der Waals surface area contributed by atoms with Gasteiger partial charge in [0.2, 0.25) is 0 Å². The standard InChI is InChI=1S/C17H25BrN2O/c1-2-11-7-9-13(10-8-11)16-19-15(12-5-3-4-6-12)14(18)17(21)20-16/h11-13H,2-10H2,1H3,(H,19,20,21). The van der Waals surface area contributed by atoms with E-state index in [-0.39, 0.29) is 5.56 Å². The number of hydrogen-bond donors (Lipinski definition) is 1. The Balaban J connectivity index is 1.84. The predicted octanol–water partition coefficient (Wildman–Crippen LogP) is 4.87. The van der Waals surface area contributed by atoms with Crippen LogP contribution in [0.3, 0.4) is 0 Å². The van der Waals surface area contributed by atoms with Gasteiger partial charge in [-0.2, -0.15) is 0 Å². The summed E-state index contributed by atoms with van der Waals surface area (Å²) in [5.74, 6) is 2.75. The number of nitrogens with one attached hydrogen (secondary N) is 1. The summed E-state index contributed by atoms with van der Waals surface area (Å²) in [5.41, 5.74) is 1.03. The molecule has 21 heavy (non-hydrogen) atoms. The van der Waals surface area contributed by atoms with E-state index in [0.29, 0.717) is 16.3 Å². The van der Waals surface area contributed by atoms with E-state index in [0.717, 1.165) is 17.4 Å². The van der Waals surface area contributed by atoms with Gasteiger partial charge in [0.1, 0.15) is 10.3 Å². The average Bonchev–Trinajstić information content (AvgIpc) is 3.04. The summed E-state index contributed by atoms with van der Waals surface area (Å²) in [6.45, 7) is 2.28. The van der Waals surface area contributed by atoms with Gasteiger partial charge < -0.3 is 4.98 Å². The lowest BCUT2D eigenvalue weighted by Gasteiger charge is -2.27. The molecule has 3 nitrogen and oxygen atoms in total. The molecule has 0 spiro atoms. The molecule has 3 rings (SSSR count). The van der Waals surface area contributed by atoms with Crippen LogP contribution in [-0.4, -0.2) is 9.97 Å². The maximum absolute atomic E-state index is 12.2. The van der Waals surface area contributed by atoms with Gasteiger partial charge in [0.15, 0.2) is 0 Å². The first-order valence-electron chi connectivity index (χ1n) is 8.48. The van der Waals surface area contributed by atoms with Crippen LogP contribution in [-0.2, 0) is 0 Å². The quantitative estimate of drug-likeness (QED) is 0.842. The van der Waals surface area contributed by atoms with Gasteiger partial charge in [-0.1, -0.05) is 26.2 Å². The smallest absolute Gasteiger partial charge is 0.265 e. The van der Waals surface area contributed by atoms with Crippen molar-refractivity contribution >= 4 is 15.9 Å². The summed E-state index contributed by atoms with van der Waals surface area (Å²) in [6.07, 6.45) is 11.1. The van der Waals surface area contributed by atoms with Crippen molar-refractivity contribution in [3.8, 4) is 0 Å². The molecule has 2 saturated carbocycles. The molecule has 0 radical (unpaired) electrons. The fourth-order valence-corrected chi connectivity index (χ4v) is 4.51. The molecular weight excluding hydrogens is 328 g/mol. The van der Waals surface area contributed by atoms with Gasteiger partial charge in [-0.3, -0.25) is 4.79 Å². The minimum atomic E-state index is 0.0134. The molecular formula is C17H25BrN2O. The molecule has 0 amide bonds. The zero-order chi connectivity index (χ0) is 14.8. The molecule has 1 heterocycles. The maximum Gasteiger partial charge on any atom is 0.265 e. The largest absolute Gasteiger partial charge is 0.309 e. The lowest BCUT2D eigenvalue weighted by molar-refractivity contribution is 0.311. The molecule has 1 aromatic heterocycles. The topological polar surface area (TPSA) is 45.8 Å². The van der Waals surface area contributed by atoms with Crippen LogP contribution in [0.5, 0.6) is 0 Å². The van der Waals surface area contributed by atoms with Gasteiger partial charge in [-0.05, 0) is 60.4 Å². The van der Waals surface area contributed by atoms with Crippen molar-refractivity contribution in [2.75, 3.05) is 0 Å². The Hall–Kier alpha value is -0.640. The van der Waals surface area contributed by atoms with Gasteiger partial charge in [-0.25, -0.2) is 4.98 Å². The molecule has 2 fully saturated rings. The third-order valence-corrected chi connectivity index (χ3v) is 6.23. The third-order valence-electron chi connectivity index (χ3n) is 5.46. The molecule has 0 bridgehead atoms. The van der Waals surface area contributed by atoms with Gasteiger partial charge in [0.25, 0.3) is 5.56 Å². The number of aromatic amines is 1. The molecule has 4 heteroatoms. The van der Waals surface area contributed by atoms with E-state index in [1.54, 1.807) is 0 Å². The van der Waals surface area contributed by atoms with Crippen LogP contribution >= 0.6 is 15.9 Å². The highest BCUT2D eigenvalue weighted by atomic mass is 79.9. The molecule has 0 aromatic carbocycles. The monoisotopic (exact) mass is 352 g/mol. The normalized spacial score (nSPS) is 27.1. The molecule has 0 saturated heterocycles. The second kappa shape index (κ2) is 6.64. The van der Waals surface area contributed by atoms with Crippen LogP contribution in [0.4, 0.5) is 0 Å². The van der Waals surface area contributed by atoms with Crippen molar-refractivity contribution < 1.29 is 0 Å². The van der Waals surface area contributed by atoms with E-state index < -0.39 is 0 Å². The van der Waals surface area contributed by atoms with Gasteiger partial charge in [0, 0.05) is 11.8 Å². The molecule has 1 aromatic rings. The fraction of sp³-hybridized carbons (Fsp3) is 0.765. The Morgan fingerprint density at radius 1 is 1.10 bits per heavy atom. The zero-order valence-corrected chi connectivity index (χ0v) is 14.4. The SMILES string of the molecule is CCC1CCC(c2nc(C3CCCC3)c(Br)c(=O)[nH]2)CC1. The van der Waals surface area contributed by atoms with Crippen molar-refractivity contribution in [2.45, 2.75) is 76.5 Å². The van der Waals surface area contributed by atoms with Crippen LogP contribution in [0.1, 0.15) is 88.1 Å². The van der Waals surface area contributed by atoms with Crippen LogP contribution in [0, 0.1) is 5.92 Å². The number of aromatic nitrogens is 2. The number of H-pyrrole nitrogens is 1. The minimum absolute atomic E-state index is 0.0134. The van der Waals surface area contributed by atoms with Crippen molar-refractivity contribution in [1.82, 2.24) is 9.97 Å². The summed E-state index contributed by atoms with van der Waals surface area (Å²) in [7, 11) is 0. The molecule has 0 aliphatic heterocycles. The number of halogens is 1. The van der Waals surface area contributed by atoms with E-state index in [1.165, 1.54) is 57.8 Å². The molecule has 2 aliphatic carbocycles. The fourth-order valence-electron chi connectivity index (χ4n) is 4.00. The Labute approximate surface area is 135 Å².